The van der Waals surface area contributed by atoms with Crippen molar-refractivity contribution in [2.24, 2.45) is 0 Å². The number of aromatic nitrogens is 2. The van der Waals surface area contributed by atoms with E-state index in [2.05, 4.69) is 108 Å². The lowest BCUT2D eigenvalue weighted by molar-refractivity contribution is 0.616. The van der Waals surface area contributed by atoms with Gasteiger partial charge in [-0.25, -0.2) is 4.98 Å². The summed E-state index contributed by atoms with van der Waals surface area (Å²) in [5, 5.41) is 3.54. The van der Waals surface area contributed by atoms with Crippen molar-refractivity contribution in [2.75, 3.05) is 0 Å². The zero-order valence-electron chi connectivity index (χ0n) is 18.3. The maximum atomic E-state index is 5.77. The Balaban J connectivity index is 1.62. The largest absolute Gasteiger partial charge is 0.464 e. The van der Waals surface area contributed by atoms with E-state index in [-0.39, 0.29) is 0 Å². The molecule has 0 spiro atoms. The van der Waals surface area contributed by atoms with E-state index in [9.17, 15) is 0 Å². The van der Waals surface area contributed by atoms with Gasteiger partial charge in [-0.15, -0.1) is 0 Å². The van der Waals surface area contributed by atoms with Crippen molar-refractivity contribution in [1.82, 2.24) is 9.55 Å². The summed E-state index contributed by atoms with van der Waals surface area (Å²) in [5.41, 5.74) is 8.35. The number of fused-ring (bicyclic) bond motifs is 5. The smallest absolute Gasteiger partial charge is 0.136 e. The fourth-order valence-corrected chi connectivity index (χ4v) is 4.93. The first-order valence-corrected chi connectivity index (χ1v) is 11.4. The van der Waals surface area contributed by atoms with E-state index >= 15 is 0 Å². The molecule has 3 heteroatoms. The van der Waals surface area contributed by atoms with E-state index in [1.165, 1.54) is 10.8 Å². The highest BCUT2D eigenvalue weighted by molar-refractivity contribution is 6.17. The molecule has 0 N–H and O–H groups in total. The molecule has 0 unspecified atom stereocenters. The minimum Gasteiger partial charge on any atom is -0.464 e. The highest BCUT2D eigenvalue weighted by Gasteiger charge is 2.17. The van der Waals surface area contributed by atoms with Gasteiger partial charge in [-0.3, -0.25) is 0 Å². The van der Waals surface area contributed by atoms with E-state index in [4.69, 9.17) is 9.40 Å². The molecule has 0 fully saturated rings. The van der Waals surface area contributed by atoms with Gasteiger partial charge in [-0.1, -0.05) is 78.9 Å². The number of nitrogens with zero attached hydrogens (tertiary/aromatic N) is 2. The van der Waals surface area contributed by atoms with Crippen LogP contribution in [0.5, 0.6) is 0 Å². The first-order chi connectivity index (χ1) is 16.9. The van der Waals surface area contributed by atoms with Gasteiger partial charge < -0.3 is 8.98 Å². The van der Waals surface area contributed by atoms with E-state index in [0.29, 0.717) is 0 Å². The van der Waals surface area contributed by atoms with Crippen LogP contribution in [0.4, 0.5) is 0 Å². The highest BCUT2D eigenvalue weighted by atomic mass is 16.3. The average Bonchev–Trinajstić information content (AvgIpc) is 3.52. The maximum absolute atomic E-state index is 5.77. The summed E-state index contributed by atoms with van der Waals surface area (Å²) in [6.45, 7) is 0. The third-order valence-electron chi connectivity index (χ3n) is 6.47. The molecular formula is C31H20N2O. The topological polar surface area (TPSA) is 31.0 Å². The third kappa shape index (κ3) is 2.87. The molecule has 0 saturated carbocycles. The SMILES string of the molecule is c1ccc(-c2cc(-n3c4ccccc4c4ccc5occc5c43)cc(-c3ccccc3)n2)cc1. The number of para-hydroxylation sites is 1. The van der Waals surface area contributed by atoms with Crippen LogP contribution in [-0.2, 0) is 0 Å². The van der Waals surface area contributed by atoms with Gasteiger partial charge in [0.05, 0.1) is 34.4 Å². The Morgan fingerprint density at radius 2 is 1.21 bits per heavy atom. The Kier molecular flexibility index (Phi) is 4.15. The number of hydrogen-bond donors (Lipinski definition) is 0. The van der Waals surface area contributed by atoms with Gasteiger partial charge in [0.1, 0.15) is 5.58 Å². The van der Waals surface area contributed by atoms with Gasteiger partial charge in [0, 0.05) is 27.3 Å². The maximum Gasteiger partial charge on any atom is 0.136 e. The van der Waals surface area contributed by atoms with Crippen molar-refractivity contribution in [3.63, 3.8) is 0 Å². The van der Waals surface area contributed by atoms with Crippen molar-refractivity contribution in [2.45, 2.75) is 0 Å². The molecular weight excluding hydrogens is 416 g/mol. The standard InChI is InChI=1S/C31H20N2O/c1-3-9-21(10-4-1)27-19-23(20-28(32-27)22-11-5-2-6-12-22)33-29-14-8-7-13-24(29)25-15-16-30-26(31(25)33)17-18-34-30/h1-20H. The fraction of sp³-hybridized carbons (Fsp3) is 0. The van der Waals surface area contributed by atoms with Gasteiger partial charge in [0.15, 0.2) is 0 Å². The van der Waals surface area contributed by atoms with Gasteiger partial charge in [-0.2, -0.15) is 0 Å². The van der Waals surface area contributed by atoms with Gasteiger partial charge in [-0.05, 0) is 36.4 Å². The van der Waals surface area contributed by atoms with Crippen LogP contribution in [0, 0.1) is 0 Å². The predicted octanol–water partition coefficient (Wildman–Crippen LogP) is 8.26. The average molecular weight is 437 g/mol. The summed E-state index contributed by atoms with van der Waals surface area (Å²) in [4.78, 5) is 5.06. The summed E-state index contributed by atoms with van der Waals surface area (Å²) in [6, 6.07) is 40.0. The van der Waals surface area contributed by atoms with Crippen LogP contribution in [0.15, 0.2) is 126 Å². The molecule has 0 saturated heterocycles. The molecule has 3 heterocycles. The van der Waals surface area contributed by atoms with Gasteiger partial charge in [0.2, 0.25) is 0 Å². The van der Waals surface area contributed by atoms with E-state index in [1.807, 2.05) is 12.1 Å². The molecule has 0 aliphatic rings. The Labute approximate surface area is 196 Å². The molecule has 0 aliphatic heterocycles. The lowest BCUT2D eigenvalue weighted by Gasteiger charge is -2.13. The molecule has 0 bridgehead atoms. The molecule has 4 aromatic carbocycles. The molecule has 160 valence electrons. The molecule has 0 aliphatic carbocycles. The summed E-state index contributed by atoms with van der Waals surface area (Å²) in [5.74, 6) is 0. The second kappa shape index (κ2) is 7.46. The summed E-state index contributed by atoms with van der Waals surface area (Å²) >= 11 is 0. The second-order valence-corrected chi connectivity index (χ2v) is 8.47. The van der Waals surface area contributed by atoms with Crippen molar-refractivity contribution >= 4 is 32.8 Å². The molecule has 0 amide bonds. The van der Waals surface area contributed by atoms with Crippen molar-refractivity contribution in [3.8, 4) is 28.2 Å². The zero-order chi connectivity index (χ0) is 22.5. The predicted molar refractivity (Wildman–Crippen MR) is 139 cm³/mol. The first kappa shape index (κ1) is 18.9. The lowest BCUT2D eigenvalue weighted by atomic mass is 10.1. The van der Waals surface area contributed by atoms with Gasteiger partial charge in [0.25, 0.3) is 0 Å². The van der Waals surface area contributed by atoms with Crippen LogP contribution in [-0.4, -0.2) is 9.55 Å². The first-order valence-electron chi connectivity index (χ1n) is 11.4. The van der Waals surface area contributed by atoms with E-state index in [1.54, 1.807) is 6.26 Å². The van der Waals surface area contributed by atoms with Crippen molar-refractivity contribution in [1.29, 1.82) is 0 Å². The Morgan fingerprint density at radius 1 is 0.559 bits per heavy atom. The lowest BCUT2D eigenvalue weighted by Crippen LogP contribution is -1.98. The van der Waals surface area contributed by atoms with Crippen LogP contribution < -0.4 is 0 Å². The van der Waals surface area contributed by atoms with Crippen LogP contribution in [0.3, 0.4) is 0 Å². The fourth-order valence-electron chi connectivity index (χ4n) is 4.93. The molecule has 3 aromatic heterocycles. The summed E-state index contributed by atoms with van der Waals surface area (Å²) < 4.78 is 8.12. The monoisotopic (exact) mass is 436 g/mol. The summed E-state index contributed by atoms with van der Waals surface area (Å²) in [7, 11) is 0. The van der Waals surface area contributed by atoms with E-state index < -0.39 is 0 Å². The number of pyridine rings is 1. The molecule has 3 nitrogen and oxygen atoms in total. The second-order valence-electron chi connectivity index (χ2n) is 8.47. The van der Waals surface area contributed by atoms with Gasteiger partial charge >= 0.3 is 0 Å². The Morgan fingerprint density at radius 3 is 1.91 bits per heavy atom. The number of benzene rings is 4. The Hall–Kier alpha value is -4.63. The minimum atomic E-state index is 0.886. The van der Waals surface area contributed by atoms with Crippen molar-refractivity contribution < 1.29 is 4.42 Å². The molecule has 34 heavy (non-hydrogen) atoms. The molecule has 0 atom stereocenters. The molecule has 7 rings (SSSR count). The van der Waals surface area contributed by atoms with Crippen LogP contribution in [0.1, 0.15) is 0 Å². The molecule has 0 radical (unpaired) electrons. The minimum absolute atomic E-state index is 0.886. The highest BCUT2D eigenvalue weighted by Crippen LogP contribution is 2.38. The molecule has 7 aromatic rings. The van der Waals surface area contributed by atoms with Crippen LogP contribution in [0.25, 0.3) is 61.0 Å². The Bertz CT molecular complexity index is 1740. The normalized spacial score (nSPS) is 11.5. The third-order valence-corrected chi connectivity index (χ3v) is 6.47. The van der Waals surface area contributed by atoms with Crippen molar-refractivity contribution in [3.05, 3.63) is 122 Å². The van der Waals surface area contributed by atoms with E-state index in [0.717, 1.165) is 50.2 Å². The quantitative estimate of drug-likeness (QED) is 0.279. The van der Waals surface area contributed by atoms with Crippen LogP contribution in [0.2, 0.25) is 0 Å². The number of rotatable bonds is 3. The number of hydrogen-bond acceptors (Lipinski definition) is 2. The zero-order valence-corrected chi connectivity index (χ0v) is 18.3. The summed E-state index contributed by atoms with van der Waals surface area (Å²) in [6.07, 6.45) is 1.77. The number of furan rings is 1. The van der Waals surface area contributed by atoms with Crippen LogP contribution >= 0.6 is 0 Å².